The van der Waals surface area contributed by atoms with Crippen LogP contribution in [-0.4, -0.2) is 63.1 Å². The lowest BCUT2D eigenvalue weighted by molar-refractivity contribution is -0.265. The number of nitrogens with one attached hydrogen (secondary N) is 1. The monoisotopic (exact) mass is 716 g/mol. The van der Waals surface area contributed by atoms with Crippen molar-refractivity contribution in [3.63, 3.8) is 0 Å². The van der Waals surface area contributed by atoms with Crippen LogP contribution in [0.1, 0.15) is 90.1 Å². The van der Waals surface area contributed by atoms with Crippen LogP contribution in [0.2, 0.25) is 25.7 Å². The van der Waals surface area contributed by atoms with Gasteiger partial charge in [0.25, 0.3) is 0 Å². The summed E-state index contributed by atoms with van der Waals surface area (Å²) in [6.45, 7) is 14.1. The molecule has 2 bridgehead atoms. The SMILES string of the molecule is CC(C)(C)[S@@](=O)N[C@@H](COC(C)(C)C(F)(F)F)c1nc2cc([C@H](C3CC3)C(C(N)=O)C34CC(F)(C3)C4)ccc2n1COCC[Si](C)(C)C. The van der Waals surface area contributed by atoms with Crippen molar-refractivity contribution >= 4 is 36.0 Å². The first-order valence-corrected chi connectivity index (χ1v) is 21.8. The normalized spacial score (nSPS) is 25.7. The first-order valence-electron chi connectivity index (χ1n) is 16.9. The van der Waals surface area contributed by atoms with Crippen LogP contribution in [0.4, 0.5) is 17.6 Å². The fraction of sp³-hybridized carbons (Fsp3) is 0.765. The molecule has 4 fully saturated rings. The summed E-state index contributed by atoms with van der Waals surface area (Å²) < 4.78 is 85.2. The number of halogens is 4. The predicted molar refractivity (Wildman–Crippen MR) is 182 cm³/mol. The molecular formula is C34H52F4N4O4SSi. The average Bonchev–Trinajstić information content (AvgIpc) is 3.68. The molecule has 1 aromatic carbocycles. The summed E-state index contributed by atoms with van der Waals surface area (Å²) in [4.78, 5) is 17.9. The Morgan fingerprint density at radius 3 is 2.27 bits per heavy atom. The number of ether oxygens (including phenoxy) is 2. The molecule has 1 aromatic heterocycles. The van der Waals surface area contributed by atoms with Crippen molar-refractivity contribution in [2.75, 3.05) is 13.2 Å². The molecule has 3 N–H and O–H groups in total. The molecular weight excluding hydrogens is 665 g/mol. The largest absolute Gasteiger partial charge is 0.416 e. The number of fused-ring (bicyclic) bond motifs is 1. The Kier molecular flexibility index (Phi) is 9.90. The maximum Gasteiger partial charge on any atom is 0.416 e. The maximum absolute atomic E-state index is 14.6. The van der Waals surface area contributed by atoms with E-state index in [1.807, 2.05) is 18.2 Å². The number of nitrogens with zero attached hydrogens (tertiary/aromatic N) is 2. The zero-order chi connectivity index (χ0) is 35.7. The van der Waals surface area contributed by atoms with E-state index in [2.05, 4.69) is 24.4 Å². The number of primary amides is 1. The minimum Gasteiger partial charge on any atom is -0.369 e. The highest BCUT2D eigenvalue weighted by Crippen LogP contribution is 2.75. The van der Waals surface area contributed by atoms with Crippen LogP contribution < -0.4 is 10.5 Å². The van der Waals surface area contributed by atoms with Crippen LogP contribution >= 0.6 is 0 Å². The van der Waals surface area contributed by atoms with Gasteiger partial charge in [-0.2, -0.15) is 13.2 Å². The average molecular weight is 717 g/mol. The van der Waals surface area contributed by atoms with Crippen molar-refractivity contribution in [2.24, 2.45) is 23.0 Å². The van der Waals surface area contributed by atoms with E-state index in [-0.39, 0.29) is 18.6 Å². The molecule has 0 radical (unpaired) electrons. The number of hydrogen-bond donors (Lipinski definition) is 2. The van der Waals surface area contributed by atoms with E-state index in [0.29, 0.717) is 42.7 Å². The highest BCUT2D eigenvalue weighted by molar-refractivity contribution is 7.84. The number of hydrogen-bond acceptors (Lipinski definition) is 5. The second-order valence-electron chi connectivity index (χ2n) is 17.2. The topological polar surface area (TPSA) is 108 Å². The lowest BCUT2D eigenvalue weighted by Crippen LogP contribution is -2.69. The number of aromatic nitrogens is 2. The predicted octanol–water partition coefficient (Wildman–Crippen LogP) is 7.29. The number of amides is 1. The molecule has 270 valence electrons. The van der Waals surface area contributed by atoms with Crippen LogP contribution in [0.25, 0.3) is 11.0 Å². The third-order valence-corrected chi connectivity index (χ3v) is 13.6. The molecule has 8 nitrogen and oxygen atoms in total. The van der Waals surface area contributed by atoms with Gasteiger partial charge in [-0.15, -0.1) is 0 Å². The summed E-state index contributed by atoms with van der Waals surface area (Å²) in [5.74, 6) is -0.504. The van der Waals surface area contributed by atoms with Gasteiger partial charge in [0.2, 0.25) is 5.91 Å². The standard InChI is InChI=1S/C34H52F4N4O4SSi/c1-30(2,3)47(44)41-24(16-46-31(4,5)34(36,37)38)29-40-23-15-22(11-12-25(23)42(29)20-45-13-14-48(6,7)8)26(21-9-10-21)27(28(39)43)32-17-33(35,18-32)19-32/h11-12,15,21,24,26-27,41H,9-10,13-14,16-20H2,1-8H3,(H2,39,43)/t24-,26-,27?,32?,33?,47+/m0/s1. The summed E-state index contributed by atoms with van der Waals surface area (Å²) in [6.07, 6.45) is -1.65. The lowest BCUT2D eigenvalue weighted by Gasteiger charge is -2.69. The van der Waals surface area contributed by atoms with Crippen molar-refractivity contribution in [3.05, 3.63) is 29.6 Å². The number of carbonyl (C=O) groups excluding carboxylic acids is 1. The minimum atomic E-state index is -4.63. The molecule has 1 unspecified atom stereocenters. The number of benzene rings is 1. The Labute approximate surface area is 284 Å². The third-order valence-electron chi connectivity index (χ3n) is 10.3. The molecule has 0 aliphatic heterocycles. The summed E-state index contributed by atoms with van der Waals surface area (Å²) >= 11 is 0. The quantitative estimate of drug-likeness (QED) is 0.108. The maximum atomic E-state index is 14.6. The Morgan fingerprint density at radius 2 is 1.77 bits per heavy atom. The van der Waals surface area contributed by atoms with E-state index in [1.54, 1.807) is 25.3 Å². The van der Waals surface area contributed by atoms with E-state index >= 15 is 0 Å². The summed E-state index contributed by atoms with van der Waals surface area (Å²) in [7, 11) is -3.09. The van der Waals surface area contributed by atoms with E-state index in [9.17, 15) is 26.6 Å². The lowest BCUT2D eigenvalue weighted by atomic mass is 9.36. The van der Waals surface area contributed by atoms with Gasteiger partial charge in [-0.25, -0.2) is 18.3 Å². The van der Waals surface area contributed by atoms with Crippen molar-refractivity contribution in [1.29, 1.82) is 0 Å². The molecule has 48 heavy (non-hydrogen) atoms. The Balaban J connectivity index is 1.55. The molecule has 4 atom stereocenters. The van der Waals surface area contributed by atoms with E-state index < -0.39 is 71.1 Å². The number of nitrogens with two attached hydrogens (primary N) is 1. The molecule has 0 saturated heterocycles. The molecule has 1 heterocycles. The number of imidazole rings is 1. The van der Waals surface area contributed by atoms with Gasteiger partial charge in [0.1, 0.15) is 24.3 Å². The first-order chi connectivity index (χ1) is 22.0. The van der Waals surface area contributed by atoms with Crippen LogP contribution in [0, 0.1) is 17.3 Å². The molecule has 2 aromatic rings. The highest BCUT2D eigenvalue weighted by atomic mass is 32.2. The summed E-state index contributed by atoms with van der Waals surface area (Å²) in [6, 6.07) is 5.71. The van der Waals surface area contributed by atoms with Crippen LogP contribution in [0.3, 0.4) is 0 Å². The molecule has 6 rings (SSSR count). The van der Waals surface area contributed by atoms with Gasteiger partial charge in [0.05, 0.1) is 39.3 Å². The van der Waals surface area contributed by atoms with Gasteiger partial charge in [-0.05, 0) is 108 Å². The van der Waals surface area contributed by atoms with Gasteiger partial charge >= 0.3 is 6.18 Å². The molecule has 4 saturated carbocycles. The highest BCUT2D eigenvalue weighted by Gasteiger charge is 2.74. The van der Waals surface area contributed by atoms with Crippen molar-refractivity contribution < 1.29 is 36.0 Å². The second-order valence-corrected chi connectivity index (χ2v) is 24.8. The number of alkyl halides is 4. The Morgan fingerprint density at radius 1 is 1.15 bits per heavy atom. The number of rotatable bonds is 16. The molecule has 14 heteroatoms. The third kappa shape index (κ3) is 7.72. The first kappa shape index (κ1) is 37.4. The van der Waals surface area contributed by atoms with Crippen molar-refractivity contribution in [3.8, 4) is 0 Å². The Bertz CT molecular complexity index is 1530. The fourth-order valence-electron chi connectivity index (χ4n) is 7.27. The van der Waals surface area contributed by atoms with Gasteiger partial charge in [-0.1, -0.05) is 25.7 Å². The van der Waals surface area contributed by atoms with Crippen molar-refractivity contribution in [1.82, 2.24) is 14.3 Å². The van der Waals surface area contributed by atoms with Crippen LogP contribution in [0.5, 0.6) is 0 Å². The van der Waals surface area contributed by atoms with Gasteiger partial charge < -0.3 is 19.8 Å². The summed E-state index contributed by atoms with van der Waals surface area (Å²) in [5.41, 5.74) is 4.13. The van der Waals surface area contributed by atoms with Crippen molar-refractivity contribution in [2.45, 2.75) is 133 Å². The van der Waals surface area contributed by atoms with E-state index in [4.69, 9.17) is 20.2 Å². The fourth-order valence-corrected chi connectivity index (χ4v) is 8.81. The summed E-state index contributed by atoms with van der Waals surface area (Å²) in [5, 5.41) is 0. The molecule has 4 aliphatic rings. The van der Waals surface area contributed by atoms with Crippen LogP contribution in [0.15, 0.2) is 18.2 Å². The van der Waals surface area contributed by atoms with E-state index in [1.165, 1.54) is 0 Å². The zero-order valence-electron chi connectivity index (χ0n) is 29.4. The zero-order valence-corrected chi connectivity index (χ0v) is 31.2. The number of carbonyl (C=O) groups is 1. The molecule has 1 amide bonds. The smallest absolute Gasteiger partial charge is 0.369 e. The Hall–Kier alpha value is -1.87. The molecule has 0 spiro atoms. The van der Waals surface area contributed by atoms with E-state index in [0.717, 1.165) is 38.3 Å². The second kappa shape index (κ2) is 12.7. The van der Waals surface area contributed by atoms with Crippen LogP contribution in [-0.2, 0) is 32.0 Å². The van der Waals surface area contributed by atoms with Gasteiger partial charge in [0, 0.05) is 14.7 Å². The van der Waals surface area contributed by atoms with Gasteiger partial charge in [0.15, 0.2) is 5.60 Å². The minimum absolute atomic E-state index is 0.0797. The van der Waals surface area contributed by atoms with Gasteiger partial charge in [-0.3, -0.25) is 4.79 Å². The molecule has 4 aliphatic carbocycles.